The molecular formula is C33H29FN4O5S. The van der Waals surface area contributed by atoms with E-state index in [0.717, 1.165) is 5.56 Å². The van der Waals surface area contributed by atoms with Crippen molar-refractivity contribution >= 4 is 46.2 Å². The number of amides is 3. The van der Waals surface area contributed by atoms with E-state index in [1.165, 1.54) is 40.0 Å². The fourth-order valence-electron chi connectivity index (χ4n) is 5.18. The van der Waals surface area contributed by atoms with Gasteiger partial charge in [-0.05, 0) is 66.4 Å². The van der Waals surface area contributed by atoms with Gasteiger partial charge in [-0.3, -0.25) is 19.4 Å². The van der Waals surface area contributed by atoms with Gasteiger partial charge in [0.05, 0.1) is 18.5 Å². The van der Waals surface area contributed by atoms with Crippen LogP contribution in [0.2, 0.25) is 0 Å². The van der Waals surface area contributed by atoms with E-state index >= 15 is 0 Å². The first kappa shape index (κ1) is 29.2. The molecule has 1 unspecified atom stereocenters. The molecule has 0 radical (unpaired) electrons. The van der Waals surface area contributed by atoms with Gasteiger partial charge in [0, 0.05) is 12.2 Å². The standard InChI is InChI=1S/C33H29FN4O5S/c34-24-11-5-13-26(19-24)36-32-38(20-27-14-7-17-42-27)31(40)29(44-32)23-10-4-12-25(18-23)35-30(39)28-15-6-16-37(28)33(41)43-21-22-8-2-1-3-9-22/h1-5,7-14,17-19,28-29H,6,15-16,20-21H2,(H,35,39)/t28-,29?/m1/s1. The second-order valence-corrected chi connectivity index (χ2v) is 11.5. The van der Waals surface area contributed by atoms with Crippen LogP contribution >= 0.6 is 11.8 Å². The number of hydrogen-bond donors (Lipinski definition) is 1. The van der Waals surface area contributed by atoms with Crippen LogP contribution in [-0.4, -0.2) is 45.5 Å². The molecule has 2 atom stereocenters. The van der Waals surface area contributed by atoms with Crippen LogP contribution in [0.15, 0.2) is 107 Å². The predicted octanol–water partition coefficient (Wildman–Crippen LogP) is 6.66. The smallest absolute Gasteiger partial charge is 0.410 e. The molecule has 11 heteroatoms. The topological polar surface area (TPSA) is 104 Å². The maximum absolute atomic E-state index is 13.9. The fourth-order valence-corrected chi connectivity index (χ4v) is 6.34. The Kier molecular flexibility index (Phi) is 8.74. The molecule has 4 aromatic rings. The number of likely N-dealkylation sites (tertiary alicyclic amines) is 1. The Morgan fingerprint density at radius 2 is 1.86 bits per heavy atom. The van der Waals surface area contributed by atoms with Gasteiger partial charge in [0.2, 0.25) is 11.8 Å². The summed E-state index contributed by atoms with van der Waals surface area (Å²) in [4.78, 5) is 47.4. The average Bonchev–Trinajstić information content (AvgIpc) is 3.79. The minimum absolute atomic E-state index is 0.126. The van der Waals surface area contributed by atoms with Crippen molar-refractivity contribution in [2.45, 2.75) is 37.3 Å². The van der Waals surface area contributed by atoms with Gasteiger partial charge in [0.15, 0.2) is 5.17 Å². The molecule has 1 N–H and O–H groups in total. The quantitative estimate of drug-likeness (QED) is 0.239. The van der Waals surface area contributed by atoms with Crippen molar-refractivity contribution < 1.29 is 27.9 Å². The van der Waals surface area contributed by atoms with E-state index in [-0.39, 0.29) is 25.0 Å². The summed E-state index contributed by atoms with van der Waals surface area (Å²) in [5.41, 5.74) is 2.41. The summed E-state index contributed by atoms with van der Waals surface area (Å²) >= 11 is 1.24. The summed E-state index contributed by atoms with van der Waals surface area (Å²) in [6, 6.07) is 25.1. The molecule has 0 aliphatic carbocycles. The number of furan rings is 1. The molecule has 2 saturated heterocycles. The first-order chi connectivity index (χ1) is 21.4. The van der Waals surface area contributed by atoms with E-state index in [0.29, 0.717) is 47.3 Å². The third kappa shape index (κ3) is 6.68. The van der Waals surface area contributed by atoms with Crippen molar-refractivity contribution in [1.82, 2.24) is 9.80 Å². The highest BCUT2D eigenvalue weighted by molar-refractivity contribution is 8.15. The van der Waals surface area contributed by atoms with Crippen molar-refractivity contribution in [3.63, 3.8) is 0 Å². The zero-order chi connectivity index (χ0) is 30.5. The number of aliphatic imine (C=N–C) groups is 1. The SMILES string of the molecule is O=C(Nc1cccc(C2SC(=Nc3cccc(F)c3)N(Cc3ccco3)C2=O)c1)[C@H]1CCCN1C(=O)OCc1ccccc1. The van der Waals surface area contributed by atoms with Crippen molar-refractivity contribution in [1.29, 1.82) is 0 Å². The van der Waals surface area contributed by atoms with Crippen LogP contribution in [0.1, 0.15) is 35.0 Å². The van der Waals surface area contributed by atoms with Gasteiger partial charge in [-0.1, -0.05) is 60.3 Å². The highest BCUT2D eigenvalue weighted by atomic mass is 32.2. The Balaban J connectivity index is 1.16. The van der Waals surface area contributed by atoms with Gasteiger partial charge in [-0.25, -0.2) is 14.2 Å². The molecule has 224 valence electrons. The van der Waals surface area contributed by atoms with Gasteiger partial charge >= 0.3 is 6.09 Å². The maximum Gasteiger partial charge on any atom is 0.410 e. The van der Waals surface area contributed by atoms with E-state index < -0.39 is 23.2 Å². The maximum atomic E-state index is 13.9. The largest absolute Gasteiger partial charge is 0.467 e. The van der Waals surface area contributed by atoms with Crippen molar-refractivity contribution in [3.05, 3.63) is 120 Å². The van der Waals surface area contributed by atoms with Crippen LogP contribution in [0.5, 0.6) is 0 Å². The lowest BCUT2D eigenvalue weighted by Crippen LogP contribution is -2.43. The summed E-state index contributed by atoms with van der Waals surface area (Å²) in [7, 11) is 0. The second-order valence-electron chi connectivity index (χ2n) is 10.4. The van der Waals surface area contributed by atoms with E-state index in [1.807, 2.05) is 36.4 Å². The lowest BCUT2D eigenvalue weighted by molar-refractivity contribution is -0.126. The molecule has 3 heterocycles. The highest BCUT2D eigenvalue weighted by Crippen LogP contribution is 2.42. The molecular weight excluding hydrogens is 583 g/mol. The van der Waals surface area contributed by atoms with E-state index in [4.69, 9.17) is 9.15 Å². The molecule has 2 fully saturated rings. The summed E-state index contributed by atoms with van der Waals surface area (Å²) in [5, 5.41) is 2.68. The van der Waals surface area contributed by atoms with Gasteiger partial charge in [0.25, 0.3) is 0 Å². The van der Waals surface area contributed by atoms with Gasteiger partial charge in [0.1, 0.15) is 29.5 Å². The number of rotatable bonds is 8. The molecule has 3 amide bonds. The number of amidine groups is 1. The van der Waals surface area contributed by atoms with Crippen molar-refractivity contribution in [2.75, 3.05) is 11.9 Å². The van der Waals surface area contributed by atoms with Gasteiger partial charge < -0.3 is 14.5 Å². The number of nitrogens with one attached hydrogen (secondary N) is 1. The van der Waals surface area contributed by atoms with Crippen molar-refractivity contribution in [3.8, 4) is 0 Å². The molecule has 9 nitrogen and oxygen atoms in total. The van der Waals surface area contributed by atoms with Crippen LogP contribution in [0.3, 0.4) is 0 Å². The van der Waals surface area contributed by atoms with E-state index in [9.17, 15) is 18.8 Å². The highest BCUT2D eigenvalue weighted by Gasteiger charge is 2.40. The minimum Gasteiger partial charge on any atom is -0.467 e. The zero-order valence-corrected chi connectivity index (χ0v) is 24.4. The number of carbonyl (C=O) groups is 3. The van der Waals surface area contributed by atoms with Gasteiger partial charge in [-0.15, -0.1) is 0 Å². The monoisotopic (exact) mass is 612 g/mol. The first-order valence-electron chi connectivity index (χ1n) is 14.2. The van der Waals surface area contributed by atoms with Crippen LogP contribution < -0.4 is 5.32 Å². The van der Waals surface area contributed by atoms with Crippen LogP contribution in [0, 0.1) is 5.82 Å². The minimum atomic E-state index is -0.668. The van der Waals surface area contributed by atoms with Crippen LogP contribution in [-0.2, 0) is 27.5 Å². The molecule has 0 spiro atoms. The number of benzene rings is 3. The first-order valence-corrected chi connectivity index (χ1v) is 15.1. The molecule has 2 aliphatic heterocycles. The second kappa shape index (κ2) is 13.2. The number of thioether (sulfide) groups is 1. The molecule has 1 aromatic heterocycles. The Labute approximate surface area is 257 Å². The number of nitrogens with zero attached hydrogens (tertiary/aromatic N) is 3. The predicted molar refractivity (Wildman–Crippen MR) is 165 cm³/mol. The molecule has 0 saturated carbocycles. The third-order valence-corrected chi connectivity index (χ3v) is 8.56. The van der Waals surface area contributed by atoms with Crippen molar-refractivity contribution in [2.24, 2.45) is 4.99 Å². The lowest BCUT2D eigenvalue weighted by Gasteiger charge is -2.23. The molecule has 3 aromatic carbocycles. The number of halogens is 1. The third-order valence-electron chi connectivity index (χ3n) is 7.32. The van der Waals surface area contributed by atoms with E-state index in [1.54, 1.807) is 42.5 Å². The van der Waals surface area contributed by atoms with Gasteiger partial charge in [-0.2, -0.15) is 0 Å². The average molecular weight is 613 g/mol. The number of anilines is 1. The molecule has 2 aliphatic rings. The fraction of sp³-hybridized carbons (Fsp3) is 0.212. The Morgan fingerprint density at radius 3 is 2.66 bits per heavy atom. The van der Waals surface area contributed by atoms with Crippen LogP contribution in [0.4, 0.5) is 20.6 Å². The Hall–Kier alpha value is -4.90. The molecule has 0 bridgehead atoms. The number of hydrogen-bond acceptors (Lipinski definition) is 7. The summed E-state index contributed by atoms with van der Waals surface area (Å²) in [6.07, 6.45) is 2.20. The Bertz CT molecular complexity index is 1680. The lowest BCUT2D eigenvalue weighted by atomic mass is 10.1. The zero-order valence-electron chi connectivity index (χ0n) is 23.6. The summed E-state index contributed by atoms with van der Waals surface area (Å²) in [6.45, 7) is 0.719. The number of carbonyl (C=O) groups excluding carboxylic acids is 3. The van der Waals surface area contributed by atoms with Crippen LogP contribution in [0.25, 0.3) is 0 Å². The number of ether oxygens (including phenoxy) is 1. The van der Waals surface area contributed by atoms with E-state index in [2.05, 4.69) is 10.3 Å². The summed E-state index contributed by atoms with van der Waals surface area (Å²) in [5.74, 6) is -0.386. The molecule has 6 rings (SSSR count). The molecule has 44 heavy (non-hydrogen) atoms. The summed E-state index contributed by atoms with van der Waals surface area (Å²) < 4.78 is 24.8. The Morgan fingerprint density at radius 1 is 1.02 bits per heavy atom. The normalized spacial score (nSPS) is 19.0.